The van der Waals surface area contributed by atoms with Crippen LogP contribution in [0.3, 0.4) is 0 Å². The Morgan fingerprint density at radius 2 is 1.81 bits per heavy atom. The summed E-state index contributed by atoms with van der Waals surface area (Å²) in [7, 11) is 1.94. The Labute approximate surface area is 111 Å². The van der Waals surface area contributed by atoms with Crippen molar-refractivity contribution in [1.82, 2.24) is 4.90 Å². The molecular weight excluding hydrogens is 264 g/mol. The molecule has 1 aliphatic heterocycles. The van der Waals surface area contributed by atoms with Gasteiger partial charge in [0.25, 0.3) is 0 Å². The van der Waals surface area contributed by atoms with Crippen LogP contribution in [-0.4, -0.2) is 15.7 Å². The Hall–Kier alpha value is -0.370. The molecule has 1 unspecified atom stereocenters. The first-order valence-electron chi connectivity index (χ1n) is 4.98. The Bertz CT molecular complexity index is 434. The molecule has 1 atom stereocenters. The predicted octanol–water partition coefficient (Wildman–Crippen LogP) is 4.40. The van der Waals surface area contributed by atoms with E-state index in [0.29, 0.717) is 0 Å². The zero-order chi connectivity index (χ0) is 11.9. The molecule has 0 saturated carbocycles. The van der Waals surface area contributed by atoms with E-state index in [0.717, 1.165) is 16.8 Å². The monoisotopic (exact) mass is 275 g/mol. The minimum Gasteiger partial charge on any atom is -0.367 e. The zero-order valence-electron chi connectivity index (χ0n) is 9.05. The lowest BCUT2D eigenvalue weighted by atomic mass is 9.95. The summed E-state index contributed by atoms with van der Waals surface area (Å²) in [5, 5.41) is 0. The van der Waals surface area contributed by atoms with Gasteiger partial charge in [0.1, 0.15) is 6.04 Å². The molecular formula is C12H12Cl3N. The van der Waals surface area contributed by atoms with E-state index >= 15 is 0 Å². The van der Waals surface area contributed by atoms with Gasteiger partial charge in [-0.3, -0.25) is 0 Å². The molecule has 1 heterocycles. The molecule has 86 valence electrons. The van der Waals surface area contributed by atoms with Gasteiger partial charge in [0.05, 0.1) is 0 Å². The van der Waals surface area contributed by atoms with Crippen molar-refractivity contribution in [2.45, 2.75) is 16.8 Å². The number of rotatable bonds is 0. The number of alkyl halides is 3. The third kappa shape index (κ3) is 2.04. The molecule has 1 aliphatic rings. The van der Waals surface area contributed by atoms with Crippen LogP contribution in [0.5, 0.6) is 0 Å². The molecule has 0 spiro atoms. The van der Waals surface area contributed by atoms with E-state index in [4.69, 9.17) is 34.8 Å². The van der Waals surface area contributed by atoms with Gasteiger partial charge in [0.15, 0.2) is 0 Å². The fourth-order valence-corrected chi connectivity index (χ4v) is 2.82. The first-order valence-corrected chi connectivity index (χ1v) is 6.11. The number of benzene rings is 1. The van der Waals surface area contributed by atoms with Crippen molar-refractivity contribution in [3.63, 3.8) is 0 Å². The Balaban J connectivity index is 2.58. The van der Waals surface area contributed by atoms with Gasteiger partial charge in [-0.05, 0) is 24.1 Å². The van der Waals surface area contributed by atoms with Crippen molar-refractivity contribution < 1.29 is 0 Å². The topological polar surface area (TPSA) is 3.24 Å². The van der Waals surface area contributed by atoms with E-state index < -0.39 is 3.79 Å². The Morgan fingerprint density at radius 1 is 1.19 bits per heavy atom. The van der Waals surface area contributed by atoms with Gasteiger partial charge in [0, 0.05) is 12.7 Å². The number of fused-ring (bicyclic) bond motifs is 1. The molecule has 1 aromatic carbocycles. The van der Waals surface area contributed by atoms with E-state index in [9.17, 15) is 0 Å². The summed E-state index contributed by atoms with van der Waals surface area (Å²) in [5.41, 5.74) is 3.26. The molecule has 0 aromatic heterocycles. The largest absolute Gasteiger partial charge is 0.367 e. The van der Waals surface area contributed by atoms with Crippen molar-refractivity contribution in [1.29, 1.82) is 0 Å². The fraction of sp³-hybridized carbons (Fsp3) is 0.333. The van der Waals surface area contributed by atoms with E-state index in [2.05, 4.69) is 6.08 Å². The number of hydrogen-bond donors (Lipinski definition) is 0. The van der Waals surface area contributed by atoms with Crippen molar-refractivity contribution in [2.24, 2.45) is 0 Å². The third-order valence-corrected chi connectivity index (χ3v) is 3.53. The second-order valence-corrected chi connectivity index (χ2v) is 6.34. The molecule has 0 N–H and O–H groups in total. The SMILES string of the molecule is CC1=Cc2ccccc2C(C(Cl)(Cl)Cl)N1C. The summed E-state index contributed by atoms with van der Waals surface area (Å²) in [6.45, 7) is 2.01. The standard InChI is InChI=1S/C12H12Cl3N/c1-8-7-9-5-3-4-6-10(9)11(16(8)2)12(13,14)15/h3-7,11H,1-2H3. The van der Waals surface area contributed by atoms with Gasteiger partial charge in [-0.25, -0.2) is 0 Å². The smallest absolute Gasteiger partial charge is 0.214 e. The van der Waals surface area contributed by atoms with E-state index in [1.54, 1.807) is 0 Å². The summed E-state index contributed by atoms with van der Waals surface area (Å²) in [4.78, 5) is 2.00. The first kappa shape index (κ1) is 12.1. The van der Waals surface area contributed by atoms with Gasteiger partial charge in [-0.1, -0.05) is 59.1 Å². The van der Waals surface area contributed by atoms with Gasteiger partial charge in [0.2, 0.25) is 3.79 Å². The maximum absolute atomic E-state index is 6.06. The predicted molar refractivity (Wildman–Crippen MR) is 70.9 cm³/mol. The Kier molecular flexibility index (Phi) is 3.13. The average molecular weight is 277 g/mol. The van der Waals surface area contributed by atoms with E-state index in [-0.39, 0.29) is 6.04 Å². The van der Waals surface area contributed by atoms with Gasteiger partial charge in [-0.2, -0.15) is 0 Å². The van der Waals surface area contributed by atoms with Crippen LogP contribution in [0.1, 0.15) is 24.1 Å². The van der Waals surface area contributed by atoms with Gasteiger partial charge >= 0.3 is 0 Å². The van der Waals surface area contributed by atoms with Crippen LogP contribution in [0.2, 0.25) is 0 Å². The second-order valence-electron chi connectivity index (χ2n) is 3.97. The van der Waals surface area contributed by atoms with Crippen molar-refractivity contribution in [2.75, 3.05) is 7.05 Å². The zero-order valence-corrected chi connectivity index (χ0v) is 11.3. The molecule has 0 aliphatic carbocycles. The van der Waals surface area contributed by atoms with Crippen molar-refractivity contribution >= 4 is 40.9 Å². The first-order chi connectivity index (χ1) is 7.41. The summed E-state index contributed by atoms with van der Waals surface area (Å²) < 4.78 is -1.33. The lowest BCUT2D eigenvalue weighted by Crippen LogP contribution is -2.35. The van der Waals surface area contributed by atoms with Crippen LogP contribution >= 0.6 is 34.8 Å². The maximum Gasteiger partial charge on any atom is 0.214 e. The highest BCUT2D eigenvalue weighted by atomic mass is 35.6. The minimum absolute atomic E-state index is 0.237. The summed E-state index contributed by atoms with van der Waals surface area (Å²) in [6.07, 6.45) is 2.10. The molecule has 0 saturated heterocycles. The normalized spacial score (nSPS) is 20.4. The lowest BCUT2D eigenvalue weighted by molar-refractivity contribution is 0.309. The number of hydrogen-bond acceptors (Lipinski definition) is 1. The van der Waals surface area contributed by atoms with Gasteiger partial charge < -0.3 is 4.90 Å². The van der Waals surface area contributed by atoms with E-state index in [1.807, 2.05) is 43.1 Å². The van der Waals surface area contributed by atoms with Crippen molar-refractivity contribution in [3.8, 4) is 0 Å². The van der Waals surface area contributed by atoms with Crippen LogP contribution in [0.25, 0.3) is 6.08 Å². The van der Waals surface area contributed by atoms with Crippen LogP contribution < -0.4 is 0 Å². The summed E-state index contributed by atoms with van der Waals surface area (Å²) in [6, 6.07) is 7.75. The summed E-state index contributed by atoms with van der Waals surface area (Å²) in [5.74, 6) is 0. The van der Waals surface area contributed by atoms with Crippen LogP contribution in [-0.2, 0) is 0 Å². The highest BCUT2D eigenvalue weighted by Gasteiger charge is 2.39. The number of nitrogens with zero attached hydrogens (tertiary/aromatic N) is 1. The highest BCUT2D eigenvalue weighted by Crippen LogP contribution is 2.47. The fourth-order valence-electron chi connectivity index (χ4n) is 2.03. The van der Waals surface area contributed by atoms with Crippen molar-refractivity contribution in [3.05, 3.63) is 41.1 Å². The van der Waals surface area contributed by atoms with E-state index in [1.165, 1.54) is 0 Å². The molecule has 0 fully saturated rings. The molecule has 4 heteroatoms. The van der Waals surface area contributed by atoms with Crippen LogP contribution in [0.15, 0.2) is 30.0 Å². The maximum atomic E-state index is 6.06. The molecule has 16 heavy (non-hydrogen) atoms. The second kappa shape index (κ2) is 4.14. The Morgan fingerprint density at radius 3 is 2.44 bits per heavy atom. The molecule has 1 nitrogen and oxygen atoms in total. The molecule has 0 bridgehead atoms. The lowest BCUT2D eigenvalue weighted by Gasteiger charge is -2.39. The summed E-state index contributed by atoms with van der Waals surface area (Å²) >= 11 is 18.2. The third-order valence-electron chi connectivity index (χ3n) is 2.91. The highest BCUT2D eigenvalue weighted by molar-refractivity contribution is 6.68. The number of allylic oxidation sites excluding steroid dienone is 1. The molecule has 2 rings (SSSR count). The molecule has 1 aromatic rings. The van der Waals surface area contributed by atoms with Crippen LogP contribution in [0, 0.1) is 0 Å². The molecule has 0 amide bonds. The van der Waals surface area contributed by atoms with Crippen LogP contribution in [0.4, 0.5) is 0 Å². The average Bonchev–Trinajstić information content (AvgIpc) is 2.17. The van der Waals surface area contributed by atoms with Gasteiger partial charge in [-0.15, -0.1) is 0 Å². The minimum atomic E-state index is -1.33. The molecule has 0 radical (unpaired) electrons. The quantitative estimate of drug-likeness (QED) is 0.635. The number of halogens is 3.